The van der Waals surface area contributed by atoms with Gasteiger partial charge in [0.2, 0.25) is 5.75 Å². The number of amides is 2. The summed E-state index contributed by atoms with van der Waals surface area (Å²) in [5.74, 6) is -2.63. The van der Waals surface area contributed by atoms with Crippen molar-refractivity contribution in [3.8, 4) is 11.5 Å². The smallest absolute Gasteiger partial charge is 0.329 e. The van der Waals surface area contributed by atoms with Crippen LogP contribution in [0.1, 0.15) is 16.7 Å². The molecule has 10 heteroatoms. The third-order valence-electron chi connectivity index (χ3n) is 3.65. The molecule has 0 aliphatic rings. The molecule has 2 rings (SSSR count). The number of nitrogens with one attached hydrogen (secondary N) is 2. The summed E-state index contributed by atoms with van der Waals surface area (Å²) in [5.41, 5.74) is 3.53. The molecule has 0 aromatic heterocycles. The van der Waals surface area contributed by atoms with Crippen molar-refractivity contribution >= 4 is 23.7 Å². The Morgan fingerprint density at radius 3 is 2.54 bits per heavy atom. The minimum atomic E-state index is -0.997. The number of carbonyl (C=O) groups excluding carboxylic acids is 2. The zero-order valence-electron chi connectivity index (χ0n) is 15.1. The molecule has 0 unspecified atom stereocenters. The second-order valence-electron chi connectivity index (χ2n) is 5.72. The van der Waals surface area contributed by atoms with E-state index >= 15 is 0 Å². The zero-order chi connectivity index (χ0) is 20.7. The van der Waals surface area contributed by atoms with Crippen LogP contribution in [0, 0.1) is 17.0 Å². The number of nitrogens with zero attached hydrogens (tertiary/aromatic N) is 2. The van der Waals surface area contributed by atoms with Gasteiger partial charge in [-0.15, -0.1) is 0 Å². The summed E-state index contributed by atoms with van der Waals surface area (Å²) in [6.07, 6.45) is 1.08. The van der Waals surface area contributed by atoms with Gasteiger partial charge in [-0.1, -0.05) is 29.8 Å². The molecular formula is C18H18N4O6. The van der Waals surface area contributed by atoms with Crippen molar-refractivity contribution in [2.45, 2.75) is 13.5 Å². The SMILES string of the molecule is COc1cc(/C=N\NC(=O)C(=O)NCc2ccc(C)cc2)cc([N+](=O)[O-])c1O. The van der Waals surface area contributed by atoms with E-state index in [1.54, 1.807) is 0 Å². The number of nitro groups is 1. The summed E-state index contributed by atoms with van der Waals surface area (Å²) in [6.45, 7) is 2.11. The van der Waals surface area contributed by atoms with E-state index in [0.29, 0.717) is 0 Å². The van der Waals surface area contributed by atoms with Crippen LogP contribution in [0.3, 0.4) is 0 Å². The summed E-state index contributed by atoms with van der Waals surface area (Å²) in [4.78, 5) is 33.7. The number of methoxy groups -OCH3 is 1. The number of aromatic hydroxyl groups is 1. The molecule has 0 fully saturated rings. The first-order valence-electron chi connectivity index (χ1n) is 8.04. The maximum Gasteiger partial charge on any atom is 0.329 e. The third kappa shape index (κ3) is 5.27. The van der Waals surface area contributed by atoms with E-state index in [0.717, 1.165) is 23.4 Å². The zero-order valence-corrected chi connectivity index (χ0v) is 15.1. The molecule has 10 nitrogen and oxygen atoms in total. The number of phenolic OH excluding ortho intramolecular Hbond substituents is 1. The summed E-state index contributed by atoms with van der Waals surface area (Å²) in [7, 11) is 1.24. The number of nitro benzene ring substituents is 1. The largest absolute Gasteiger partial charge is 0.500 e. The lowest BCUT2D eigenvalue weighted by molar-refractivity contribution is -0.386. The topological polar surface area (TPSA) is 143 Å². The van der Waals surface area contributed by atoms with Crippen LogP contribution in [0.5, 0.6) is 11.5 Å². The van der Waals surface area contributed by atoms with Gasteiger partial charge in [-0.2, -0.15) is 5.10 Å². The highest BCUT2D eigenvalue weighted by atomic mass is 16.6. The highest BCUT2D eigenvalue weighted by Crippen LogP contribution is 2.36. The molecule has 2 aromatic carbocycles. The lowest BCUT2D eigenvalue weighted by Crippen LogP contribution is -2.37. The van der Waals surface area contributed by atoms with E-state index in [1.807, 2.05) is 36.6 Å². The van der Waals surface area contributed by atoms with Crippen LogP contribution in [0.2, 0.25) is 0 Å². The van der Waals surface area contributed by atoms with Crippen LogP contribution >= 0.6 is 0 Å². The van der Waals surface area contributed by atoms with Crippen LogP contribution < -0.4 is 15.5 Å². The Hall–Kier alpha value is -3.95. The molecule has 0 aliphatic carbocycles. The maximum absolute atomic E-state index is 11.8. The second-order valence-corrected chi connectivity index (χ2v) is 5.72. The normalized spacial score (nSPS) is 10.5. The summed E-state index contributed by atoms with van der Waals surface area (Å²) < 4.78 is 4.86. The van der Waals surface area contributed by atoms with Gasteiger partial charge in [0, 0.05) is 18.2 Å². The van der Waals surface area contributed by atoms with Gasteiger partial charge < -0.3 is 15.2 Å². The summed E-state index contributed by atoms with van der Waals surface area (Å²) in [6, 6.07) is 9.77. The van der Waals surface area contributed by atoms with Crippen LogP contribution in [-0.4, -0.2) is 35.2 Å². The molecule has 0 radical (unpaired) electrons. The Balaban J connectivity index is 1.96. The number of ether oxygens (including phenoxy) is 1. The number of hydrazone groups is 1. The average Bonchev–Trinajstić information content (AvgIpc) is 2.67. The first-order chi connectivity index (χ1) is 13.3. The van der Waals surface area contributed by atoms with Gasteiger partial charge in [0.25, 0.3) is 0 Å². The molecular weight excluding hydrogens is 368 g/mol. The van der Waals surface area contributed by atoms with Gasteiger partial charge in [-0.3, -0.25) is 19.7 Å². The summed E-state index contributed by atoms with van der Waals surface area (Å²) in [5, 5.41) is 26.7. The van der Waals surface area contributed by atoms with Crippen LogP contribution in [0.25, 0.3) is 0 Å². The average molecular weight is 386 g/mol. The lowest BCUT2D eigenvalue weighted by Gasteiger charge is -2.05. The molecule has 0 aliphatic heterocycles. The van der Waals surface area contributed by atoms with Crippen molar-refractivity contribution in [2.24, 2.45) is 5.10 Å². The van der Waals surface area contributed by atoms with Crippen molar-refractivity contribution in [2.75, 3.05) is 7.11 Å². The number of rotatable bonds is 6. The third-order valence-corrected chi connectivity index (χ3v) is 3.65. The van der Waals surface area contributed by atoms with E-state index < -0.39 is 28.2 Å². The molecule has 2 amide bonds. The molecule has 0 spiro atoms. The van der Waals surface area contributed by atoms with E-state index in [4.69, 9.17) is 4.74 Å². The number of carbonyl (C=O) groups is 2. The number of phenols is 1. The molecule has 3 N–H and O–H groups in total. The first-order valence-corrected chi connectivity index (χ1v) is 8.04. The quantitative estimate of drug-likeness (QED) is 0.296. The molecule has 28 heavy (non-hydrogen) atoms. The highest BCUT2D eigenvalue weighted by molar-refractivity contribution is 6.35. The monoisotopic (exact) mass is 386 g/mol. The van der Waals surface area contributed by atoms with Gasteiger partial charge >= 0.3 is 17.5 Å². The molecule has 0 saturated heterocycles. The van der Waals surface area contributed by atoms with Crippen LogP contribution in [0.4, 0.5) is 5.69 Å². The molecule has 2 aromatic rings. The number of benzene rings is 2. The van der Waals surface area contributed by atoms with Gasteiger partial charge in [0.1, 0.15) is 0 Å². The van der Waals surface area contributed by atoms with Crippen molar-refractivity contribution in [3.05, 3.63) is 63.2 Å². The molecule has 0 bridgehead atoms. The van der Waals surface area contributed by atoms with Gasteiger partial charge in [0.05, 0.1) is 18.2 Å². The van der Waals surface area contributed by atoms with E-state index in [9.17, 15) is 24.8 Å². The molecule has 0 saturated carbocycles. The van der Waals surface area contributed by atoms with Crippen molar-refractivity contribution in [3.63, 3.8) is 0 Å². The number of hydrogen-bond donors (Lipinski definition) is 3. The first kappa shape index (κ1) is 20.4. The predicted octanol–water partition coefficient (Wildman–Crippen LogP) is 1.38. The molecule has 146 valence electrons. The lowest BCUT2D eigenvalue weighted by atomic mass is 10.1. The Morgan fingerprint density at radius 2 is 1.93 bits per heavy atom. The number of hydrogen-bond acceptors (Lipinski definition) is 7. The molecule has 0 heterocycles. The van der Waals surface area contributed by atoms with Gasteiger partial charge in [0.15, 0.2) is 5.75 Å². The number of aryl methyl sites for hydroxylation is 1. The fourth-order valence-corrected chi connectivity index (χ4v) is 2.17. The van der Waals surface area contributed by atoms with Crippen LogP contribution in [0.15, 0.2) is 41.5 Å². The standard InChI is InChI=1S/C18H18N4O6/c1-11-3-5-12(6-4-11)9-19-17(24)18(25)21-20-10-13-7-14(22(26)27)16(23)15(8-13)28-2/h3-8,10,23H,9H2,1-2H3,(H,19,24)(H,21,25)/b20-10-. The fourth-order valence-electron chi connectivity index (χ4n) is 2.17. The van der Waals surface area contributed by atoms with Crippen molar-refractivity contribution in [1.29, 1.82) is 0 Å². The van der Waals surface area contributed by atoms with Crippen molar-refractivity contribution < 1.29 is 24.4 Å². The minimum absolute atomic E-state index is 0.127. The van der Waals surface area contributed by atoms with E-state index in [1.165, 1.54) is 13.2 Å². The highest BCUT2D eigenvalue weighted by Gasteiger charge is 2.19. The second kappa shape index (κ2) is 9.12. The Labute approximate surface area is 160 Å². The van der Waals surface area contributed by atoms with Gasteiger partial charge in [-0.05, 0) is 18.6 Å². The maximum atomic E-state index is 11.8. The molecule has 0 atom stereocenters. The van der Waals surface area contributed by atoms with Gasteiger partial charge in [-0.25, -0.2) is 5.43 Å². The van der Waals surface area contributed by atoms with E-state index in [2.05, 4.69) is 10.4 Å². The van der Waals surface area contributed by atoms with Crippen molar-refractivity contribution in [1.82, 2.24) is 10.7 Å². The fraction of sp³-hybridized carbons (Fsp3) is 0.167. The Kier molecular flexibility index (Phi) is 6.63. The predicted molar refractivity (Wildman–Crippen MR) is 100 cm³/mol. The minimum Gasteiger partial charge on any atom is -0.500 e. The van der Waals surface area contributed by atoms with Crippen LogP contribution in [-0.2, 0) is 16.1 Å². The van der Waals surface area contributed by atoms with E-state index in [-0.39, 0.29) is 17.9 Å². The Morgan fingerprint density at radius 1 is 1.25 bits per heavy atom. The summed E-state index contributed by atoms with van der Waals surface area (Å²) >= 11 is 0. The Bertz CT molecular complexity index is 924.